The van der Waals surface area contributed by atoms with E-state index in [4.69, 9.17) is 27.9 Å². The Labute approximate surface area is 183 Å². The first-order valence-corrected chi connectivity index (χ1v) is 10.3. The van der Waals surface area contributed by atoms with Gasteiger partial charge >= 0.3 is 0 Å². The standard InChI is InChI=1S/C22H16Cl2N2O2S/c23-18-6-5-16(21(24)11-18)14-28-19-7-3-15(4-8-19)10-17(12-25)22(27)26-13-20-2-1-9-29-20/h1-11H,13-14H2,(H,26,27)/b17-10+. The monoisotopic (exact) mass is 442 g/mol. The maximum atomic E-state index is 12.2. The predicted molar refractivity (Wildman–Crippen MR) is 117 cm³/mol. The van der Waals surface area contributed by atoms with Crippen molar-refractivity contribution in [3.8, 4) is 11.8 Å². The first kappa shape index (κ1) is 20.9. The van der Waals surface area contributed by atoms with Gasteiger partial charge in [0.25, 0.3) is 5.91 Å². The summed E-state index contributed by atoms with van der Waals surface area (Å²) in [4.78, 5) is 13.2. The number of hydrogen-bond donors (Lipinski definition) is 1. The van der Waals surface area contributed by atoms with Crippen molar-refractivity contribution in [3.05, 3.63) is 91.6 Å². The molecule has 0 saturated carbocycles. The number of ether oxygens (including phenoxy) is 1. The Bertz CT molecular complexity index is 1060. The molecule has 0 spiro atoms. The minimum absolute atomic E-state index is 0.0446. The molecular weight excluding hydrogens is 427 g/mol. The van der Waals surface area contributed by atoms with Crippen LogP contribution in [0.25, 0.3) is 6.08 Å². The molecule has 0 radical (unpaired) electrons. The highest BCUT2D eigenvalue weighted by atomic mass is 35.5. The van der Waals surface area contributed by atoms with E-state index in [0.29, 0.717) is 28.9 Å². The number of hydrogen-bond acceptors (Lipinski definition) is 4. The van der Waals surface area contributed by atoms with Crippen LogP contribution in [0.3, 0.4) is 0 Å². The van der Waals surface area contributed by atoms with Crippen LogP contribution < -0.4 is 10.1 Å². The first-order chi connectivity index (χ1) is 14.0. The van der Waals surface area contributed by atoms with E-state index in [-0.39, 0.29) is 5.57 Å². The van der Waals surface area contributed by atoms with Crippen LogP contribution in [0.5, 0.6) is 5.75 Å². The summed E-state index contributed by atoms with van der Waals surface area (Å²) in [5.74, 6) is 0.243. The molecule has 0 aliphatic heterocycles. The summed E-state index contributed by atoms with van der Waals surface area (Å²) in [6.45, 7) is 0.704. The van der Waals surface area contributed by atoms with Gasteiger partial charge in [-0.3, -0.25) is 4.79 Å². The lowest BCUT2D eigenvalue weighted by Gasteiger charge is -2.08. The van der Waals surface area contributed by atoms with Crippen LogP contribution in [0, 0.1) is 11.3 Å². The molecule has 1 N–H and O–H groups in total. The number of nitrogens with zero attached hydrogens (tertiary/aromatic N) is 1. The van der Waals surface area contributed by atoms with E-state index in [1.165, 1.54) is 0 Å². The predicted octanol–water partition coefficient (Wildman–Crippen LogP) is 5.86. The molecule has 0 fully saturated rings. The molecule has 1 amide bonds. The van der Waals surface area contributed by atoms with E-state index >= 15 is 0 Å². The number of carbonyl (C=O) groups is 1. The number of carbonyl (C=O) groups excluding carboxylic acids is 1. The molecule has 0 bridgehead atoms. The average molecular weight is 443 g/mol. The van der Waals surface area contributed by atoms with Gasteiger partial charge < -0.3 is 10.1 Å². The van der Waals surface area contributed by atoms with Gasteiger partial charge in [0.05, 0.1) is 6.54 Å². The summed E-state index contributed by atoms with van der Waals surface area (Å²) >= 11 is 13.6. The number of rotatable bonds is 7. The molecule has 146 valence electrons. The second kappa shape index (κ2) is 10.1. The number of nitriles is 1. The van der Waals surface area contributed by atoms with E-state index in [0.717, 1.165) is 16.0 Å². The average Bonchev–Trinajstić information content (AvgIpc) is 3.24. The summed E-state index contributed by atoms with van der Waals surface area (Å²) in [5.41, 5.74) is 1.60. The first-order valence-electron chi connectivity index (χ1n) is 8.64. The normalized spacial score (nSPS) is 11.0. The Morgan fingerprint density at radius 3 is 2.62 bits per heavy atom. The molecule has 0 aliphatic carbocycles. The SMILES string of the molecule is N#C/C(=C\c1ccc(OCc2ccc(Cl)cc2Cl)cc1)C(=O)NCc1cccs1. The van der Waals surface area contributed by atoms with Gasteiger partial charge in [0.2, 0.25) is 0 Å². The number of benzene rings is 2. The van der Waals surface area contributed by atoms with Crippen LogP contribution >= 0.6 is 34.5 Å². The number of amides is 1. The molecule has 3 rings (SSSR count). The fourth-order valence-corrected chi connectivity index (χ4v) is 3.56. The molecule has 1 aromatic heterocycles. The Morgan fingerprint density at radius 2 is 1.97 bits per heavy atom. The molecule has 0 saturated heterocycles. The maximum Gasteiger partial charge on any atom is 0.262 e. The lowest BCUT2D eigenvalue weighted by molar-refractivity contribution is -0.117. The van der Waals surface area contributed by atoms with E-state index < -0.39 is 5.91 Å². The zero-order chi connectivity index (χ0) is 20.6. The van der Waals surface area contributed by atoms with Crippen LogP contribution in [-0.4, -0.2) is 5.91 Å². The zero-order valence-corrected chi connectivity index (χ0v) is 17.5. The van der Waals surface area contributed by atoms with E-state index in [1.807, 2.05) is 29.6 Å². The molecule has 0 atom stereocenters. The van der Waals surface area contributed by atoms with Gasteiger partial charge in [0, 0.05) is 20.5 Å². The molecule has 1 heterocycles. The highest BCUT2D eigenvalue weighted by Gasteiger charge is 2.09. The third-order valence-electron chi connectivity index (χ3n) is 3.97. The van der Waals surface area contributed by atoms with Gasteiger partial charge in [0.1, 0.15) is 24.0 Å². The Kier molecular flexibility index (Phi) is 7.31. The van der Waals surface area contributed by atoms with Gasteiger partial charge in [-0.15, -0.1) is 11.3 Å². The van der Waals surface area contributed by atoms with E-state index in [2.05, 4.69) is 5.32 Å². The van der Waals surface area contributed by atoms with Gasteiger partial charge in [0.15, 0.2) is 0 Å². The Balaban J connectivity index is 1.60. The third kappa shape index (κ3) is 6.10. The van der Waals surface area contributed by atoms with Crippen molar-refractivity contribution >= 4 is 46.5 Å². The second-order valence-corrected chi connectivity index (χ2v) is 7.90. The van der Waals surface area contributed by atoms with Crippen LogP contribution in [0.4, 0.5) is 0 Å². The van der Waals surface area contributed by atoms with Crippen LogP contribution in [0.2, 0.25) is 10.0 Å². The van der Waals surface area contributed by atoms with Crippen molar-refractivity contribution in [2.45, 2.75) is 13.2 Å². The van der Waals surface area contributed by atoms with Crippen LogP contribution in [0.1, 0.15) is 16.0 Å². The topological polar surface area (TPSA) is 62.1 Å². The Morgan fingerprint density at radius 1 is 1.17 bits per heavy atom. The summed E-state index contributed by atoms with van der Waals surface area (Å²) < 4.78 is 5.74. The van der Waals surface area contributed by atoms with Crippen molar-refractivity contribution < 1.29 is 9.53 Å². The van der Waals surface area contributed by atoms with E-state index in [1.54, 1.807) is 53.8 Å². The van der Waals surface area contributed by atoms with Gasteiger partial charge in [-0.2, -0.15) is 5.26 Å². The smallest absolute Gasteiger partial charge is 0.262 e. The largest absolute Gasteiger partial charge is 0.489 e. The van der Waals surface area contributed by atoms with Crippen molar-refractivity contribution in [3.63, 3.8) is 0 Å². The number of thiophene rings is 1. The highest BCUT2D eigenvalue weighted by molar-refractivity contribution is 7.09. The molecule has 4 nitrogen and oxygen atoms in total. The van der Waals surface area contributed by atoms with Crippen molar-refractivity contribution in [1.29, 1.82) is 5.26 Å². The molecule has 0 unspecified atom stereocenters. The van der Waals surface area contributed by atoms with Crippen molar-refractivity contribution in [2.24, 2.45) is 0 Å². The van der Waals surface area contributed by atoms with Gasteiger partial charge in [-0.25, -0.2) is 0 Å². The van der Waals surface area contributed by atoms with E-state index in [9.17, 15) is 10.1 Å². The quantitative estimate of drug-likeness (QED) is 0.368. The molecule has 7 heteroatoms. The summed E-state index contributed by atoms with van der Waals surface area (Å²) in [7, 11) is 0. The number of nitrogens with one attached hydrogen (secondary N) is 1. The lowest BCUT2D eigenvalue weighted by Crippen LogP contribution is -2.23. The molecule has 29 heavy (non-hydrogen) atoms. The highest BCUT2D eigenvalue weighted by Crippen LogP contribution is 2.23. The lowest BCUT2D eigenvalue weighted by atomic mass is 10.1. The van der Waals surface area contributed by atoms with Crippen molar-refractivity contribution in [2.75, 3.05) is 0 Å². The zero-order valence-electron chi connectivity index (χ0n) is 15.2. The second-order valence-electron chi connectivity index (χ2n) is 6.03. The Hall–Kier alpha value is -2.78. The summed E-state index contributed by atoms with van der Waals surface area (Å²) in [6.07, 6.45) is 1.55. The van der Waals surface area contributed by atoms with Gasteiger partial charge in [-0.05, 0) is 47.4 Å². The molecule has 2 aromatic carbocycles. The fourth-order valence-electron chi connectivity index (χ4n) is 2.45. The van der Waals surface area contributed by atoms with Crippen LogP contribution in [0.15, 0.2) is 65.6 Å². The van der Waals surface area contributed by atoms with Crippen molar-refractivity contribution in [1.82, 2.24) is 5.32 Å². The van der Waals surface area contributed by atoms with Crippen LogP contribution in [-0.2, 0) is 17.9 Å². The summed E-state index contributed by atoms with van der Waals surface area (Å²) in [6, 6.07) is 18.1. The molecule has 3 aromatic rings. The molecular formula is C22H16Cl2N2O2S. The fraction of sp³-hybridized carbons (Fsp3) is 0.0909. The minimum atomic E-state index is -0.404. The summed E-state index contributed by atoms with van der Waals surface area (Å²) in [5, 5.41) is 15.1. The molecule has 0 aliphatic rings. The maximum absolute atomic E-state index is 12.2. The minimum Gasteiger partial charge on any atom is -0.489 e. The number of halogens is 2. The third-order valence-corrected chi connectivity index (χ3v) is 5.43. The van der Waals surface area contributed by atoms with Gasteiger partial charge in [-0.1, -0.05) is 47.5 Å².